The minimum Gasteiger partial charge on any atom is -0.472 e. The van der Waals surface area contributed by atoms with Crippen molar-refractivity contribution < 1.29 is 33.0 Å². The predicted octanol–water partition coefficient (Wildman–Crippen LogP) is 4.30. The van der Waals surface area contributed by atoms with Gasteiger partial charge in [-0.25, -0.2) is 8.78 Å². The van der Waals surface area contributed by atoms with Gasteiger partial charge in [-0.1, -0.05) is 66.2 Å². The Morgan fingerprint density at radius 3 is 2.47 bits per heavy atom. The number of Topliss-reactive ketones (excluding diaryl/α,β-unsaturated/α-hetero) is 1. The number of pyridine rings is 1. The van der Waals surface area contributed by atoms with Gasteiger partial charge in [0.1, 0.15) is 17.4 Å². The van der Waals surface area contributed by atoms with Gasteiger partial charge in [-0.3, -0.25) is 14.6 Å². The number of hydrogen-bond acceptors (Lipinski definition) is 6. The zero-order valence-corrected chi connectivity index (χ0v) is 18.5. The number of alkyl halides is 2. The molecule has 1 aliphatic carbocycles. The van der Waals surface area contributed by atoms with E-state index in [1.807, 2.05) is 0 Å². The van der Waals surface area contributed by atoms with Gasteiger partial charge < -0.3 is 14.6 Å². The van der Waals surface area contributed by atoms with Gasteiger partial charge in [-0.15, -0.1) is 0 Å². The monoisotopic (exact) mass is 485 g/mol. The van der Waals surface area contributed by atoms with Crippen LogP contribution in [-0.4, -0.2) is 29.0 Å². The third-order valence-electron chi connectivity index (χ3n) is 6.56. The number of ether oxygens (including phenoxy) is 2. The van der Waals surface area contributed by atoms with Crippen molar-refractivity contribution in [1.29, 1.82) is 0 Å². The zero-order chi connectivity index (χ0) is 24.3. The van der Waals surface area contributed by atoms with Gasteiger partial charge >= 0.3 is 5.97 Å². The first-order valence-electron chi connectivity index (χ1n) is 10.4. The number of methoxy groups -OCH3 is 1. The summed E-state index contributed by atoms with van der Waals surface area (Å²) in [7, 11) is 1.15. The number of nitrogens with zero attached hydrogens (tertiary/aromatic N) is 1. The van der Waals surface area contributed by atoms with Gasteiger partial charge in [0.2, 0.25) is 11.4 Å². The number of carbonyl (C=O) groups excluding carboxylic acids is 2. The first-order valence-corrected chi connectivity index (χ1v) is 10.8. The highest BCUT2D eigenvalue weighted by molar-refractivity contribution is 6.30. The largest absolute Gasteiger partial charge is 0.472 e. The number of aliphatic hydroxyl groups is 1. The van der Waals surface area contributed by atoms with Crippen molar-refractivity contribution in [1.82, 2.24) is 4.98 Å². The molecule has 2 bridgehead atoms. The van der Waals surface area contributed by atoms with Gasteiger partial charge in [0.05, 0.1) is 18.1 Å². The van der Waals surface area contributed by atoms with Crippen LogP contribution in [0.15, 0.2) is 66.9 Å². The topological polar surface area (TPSA) is 85.7 Å². The van der Waals surface area contributed by atoms with Crippen LogP contribution in [0.2, 0.25) is 5.02 Å². The molecule has 1 aliphatic heterocycles. The molecule has 0 unspecified atom stereocenters. The summed E-state index contributed by atoms with van der Waals surface area (Å²) in [5, 5.41) is 12.1. The number of ketones is 1. The molecule has 9 heteroatoms. The van der Waals surface area contributed by atoms with Gasteiger partial charge in [-0.2, -0.15) is 0 Å². The Morgan fingerprint density at radius 2 is 1.85 bits per heavy atom. The Hall–Kier alpha value is -3.36. The van der Waals surface area contributed by atoms with E-state index in [-0.39, 0.29) is 27.6 Å². The van der Waals surface area contributed by atoms with Crippen molar-refractivity contribution in [2.24, 2.45) is 5.92 Å². The normalized spacial score (nSPS) is 27.3. The molecule has 2 aromatic carbocycles. The third kappa shape index (κ3) is 2.91. The minimum atomic E-state index is -2.72. The summed E-state index contributed by atoms with van der Waals surface area (Å²) in [5.74, 6) is -4.17. The van der Waals surface area contributed by atoms with Crippen LogP contribution in [0.1, 0.15) is 34.7 Å². The molecule has 2 aliphatic rings. The molecule has 1 aromatic heterocycles. The number of carbonyl (C=O) groups is 2. The maximum Gasteiger partial charge on any atom is 0.313 e. The molecule has 1 saturated carbocycles. The first-order chi connectivity index (χ1) is 16.2. The Bertz CT molecular complexity index is 1290. The van der Waals surface area contributed by atoms with Crippen LogP contribution in [0.3, 0.4) is 0 Å². The molecule has 3 aromatic rings. The number of hydrogen-bond donors (Lipinski definition) is 1. The highest BCUT2D eigenvalue weighted by Crippen LogP contribution is 2.64. The Balaban J connectivity index is 1.86. The standard InChI is InChI=1S/C25H18ClF2NO5/c1-33-22(30)19-18(13-5-3-2-4-6-13)25(15-9-7-14(8-10-15)21(27)28)23(31)24(19,32)20-17(34-25)11-16(26)12-29-20/h2-12,18-19,21,32H,1H3/t18-,19-,24-,25-/m1/s1. The molecule has 34 heavy (non-hydrogen) atoms. The number of benzene rings is 2. The lowest BCUT2D eigenvalue weighted by Gasteiger charge is -2.38. The van der Waals surface area contributed by atoms with Crippen molar-refractivity contribution >= 4 is 23.4 Å². The highest BCUT2D eigenvalue weighted by Gasteiger charge is 2.77. The summed E-state index contributed by atoms with van der Waals surface area (Å²) < 4.78 is 37.8. The molecule has 0 radical (unpaired) electrons. The van der Waals surface area contributed by atoms with Crippen molar-refractivity contribution in [3.8, 4) is 5.75 Å². The van der Waals surface area contributed by atoms with Gasteiger partial charge in [0, 0.05) is 23.4 Å². The summed E-state index contributed by atoms with van der Waals surface area (Å²) in [4.78, 5) is 31.4. The molecule has 1 fully saturated rings. The van der Waals surface area contributed by atoms with Crippen molar-refractivity contribution in [3.05, 3.63) is 94.3 Å². The number of esters is 1. The summed E-state index contributed by atoms with van der Waals surface area (Å²) >= 11 is 6.12. The van der Waals surface area contributed by atoms with E-state index in [1.54, 1.807) is 30.3 Å². The minimum absolute atomic E-state index is 0.0138. The summed E-state index contributed by atoms with van der Waals surface area (Å²) in [6, 6.07) is 15.0. The van der Waals surface area contributed by atoms with Crippen LogP contribution in [0, 0.1) is 5.92 Å². The molecular weight excluding hydrogens is 468 g/mol. The SMILES string of the molecule is COC(=O)[C@H]1[C@@H](c2ccccc2)[C@@]2(c3ccc(C(F)F)cc3)Oc3cc(Cl)cnc3[C@@]1(O)C2=O. The molecule has 5 rings (SSSR count). The van der Waals surface area contributed by atoms with Crippen molar-refractivity contribution in [3.63, 3.8) is 0 Å². The molecule has 4 atom stereocenters. The Kier molecular flexibility index (Phi) is 5.18. The Labute approximate surface area is 198 Å². The Morgan fingerprint density at radius 1 is 1.18 bits per heavy atom. The molecule has 2 heterocycles. The lowest BCUT2D eigenvalue weighted by Crippen LogP contribution is -2.51. The molecule has 1 N–H and O–H groups in total. The van der Waals surface area contributed by atoms with Gasteiger partial charge in [-0.05, 0) is 5.56 Å². The van der Waals surface area contributed by atoms with Crippen molar-refractivity contribution in [2.45, 2.75) is 23.5 Å². The summed E-state index contributed by atoms with van der Waals surface area (Å²) in [6.45, 7) is 0. The number of halogens is 3. The average molecular weight is 486 g/mol. The van der Waals surface area contributed by atoms with Crippen LogP contribution < -0.4 is 4.74 Å². The molecule has 0 saturated heterocycles. The van der Waals surface area contributed by atoms with Crippen LogP contribution in [-0.2, 0) is 25.5 Å². The first kappa shape index (κ1) is 22.4. The molecule has 0 amide bonds. The fourth-order valence-electron chi connectivity index (χ4n) is 5.13. The van der Waals surface area contributed by atoms with Crippen LogP contribution in [0.4, 0.5) is 8.78 Å². The predicted molar refractivity (Wildman–Crippen MR) is 117 cm³/mol. The van der Waals surface area contributed by atoms with E-state index in [9.17, 15) is 23.5 Å². The van der Waals surface area contributed by atoms with E-state index in [0.717, 1.165) is 7.11 Å². The number of fused-ring (bicyclic) bond motifs is 4. The van der Waals surface area contributed by atoms with Crippen LogP contribution in [0.25, 0.3) is 0 Å². The molecule has 174 valence electrons. The van der Waals surface area contributed by atoms with E-state index >= 15 is 0 Å². The number of aromatic nitrogens is 1. The van der Waals surface area contributed by atoms with E-state index in [2.05, 4.69) is 4.98 Å². The van der Waals surface area contributed by atoms with Crippen molar-refractivity contribution in [2.75, 3.05) is 7.11 Å². The number of rotatable bonds is 4. The summed E-state index contributed by atoms with van der Waals surface area (Å²) in [6.07, 6.45) is -1.48. The van der Waals surface area contributed by atoms with E-state index in [0.29, 0.717) is 5.56 Å². The maximum absolute atomic E-state index is 14.1. The second-order valence-electron chi connectivity index (χ2n) is 8.25. The smallest absolute Gasteiger partial charge is 0.313 e. The van der Waals surface area contributed by atoms with Gasteiger partial charge in [0.15, 0.2) is 5.60 Å². The lowest BCUT2D eigenvalue weighted by molar-refractivity contribution is -0.163. The third-order valence-corrected chi connectivity index (χ3v) is 6.77. The highest BCUT2D eigenvalue weighted by atomic mass is 35.5. The molecule has 6 nitrogen and oxygen atoms in total. The molecule has 0 spiro atoms. The fraction of sp³-hybridized carbons (Fsp3) is 0.240. The van der Waals surface area contributed by atoms with E-state index in [4.69, 9.17) is 21.1 Å². The fourth-order valence-corrected chi connectivity index (χ4v) is 5.28. The van der Waals surface area contributed by atoms with Crippen LogP contribution in [0.5, 0.6) is 5.75 Å². The second-order valence-corrected chi connectivity index (χ2v) is 8.68. The molecular formula is C25H18ClF2NO5. The summed E-state index contributed by atoms with van der Waals surface area (Å²) in [5.41, 5.74) is -4.04. The zero-order valence-electron chi connectivity index (χ0n) is 17.7. The van der Waals surface area contributed by atoms with Crippen LogP contribution >= 0.6 is 11.6 Å². The van der Waals surface area contributed by atoms with E-state index < -0.39 is 41.2 Å². The average Bonchev–Trinajstić information content (AvgIpc) is 2.97. The quantitative estimate of drug-likeness (QED) is 0.554. The second kappa shape index (κ2) is 7.85. The lowest BCUT2D eigenvalue weighted by atomic mass is 9.75. The van der Waals surface area contributed by atoms with E-state index in [1.165, 1.54) is 36.5 Å². The maximum atomic E-state index is 14.1. The van der Waals surface area contributed by atoms with Gasteiger partial charge in [0.25, 0.3) is 6.43 Å².